The maximum absolute atomic E-state index is 13.0. The van der Waals surface area contributed by atoms with Gasteiger partial charge < -0.3 is 14.5 Å². The van der Waals surface area contributed by atoms with Gasteiger partial charge in [0.05, 0.1) is 30.7 Å². The van der Waals surface area contributed by atoms with E-state index in [1.54, 1.807) is 11.1 Å². The highest BCUT2D eigenvalue weighted by molar-refractivity contribution is 6.06. The molecule has 5 nitrogen and oxygen atoms in total. The van der Waals surface area contributed by atoms with Crippen molar-refractivity contribution in [2.75, 3.05) is 42.6 Å². The Labute approximate surface area is 142 Å². The maximum Gasteiger partial charge on any atom is 0.259 e. The van der Waals surface area contributed by atoms with E-state index in [2.05, 4.69) is 9.88 Å². The number of hydrogen-bond donors (Lipinski definition) is 0. The molecule has 3 rings (SSSR count). The number of carbonyl (C=O) groups excluding carboxylic acids is 1. The lowest BCUT2D eigenvalue weighted by molar-refractivity contribution is 0.0988. The number of aromatic nitrogens is 1. The van der Waals surface area contributed by atoms with Crippen LogP contribution in [0.2, 0.25) is 0 Å². The van der Waals surface area contributed by atoms with Gasteiger partial charge >= 0.3 is 0 Å². The van der Waals surface area contributed by atoms with Gasteiger partial charge in [-0.15, -0.1) is 0 Å². The van der Waals surface area contributed by atoms with Gasteiger partial charge in [0.15, 0.2) is 0 Å². The molecule has 0 saturated carbocycles. The van der Waals surface area contributed by atoms with Crippen molar-refractivity contribution in [1.82, 2.24) is 4.98 Å². The largest absolute Gasteiger partial charge is 0.378 e. The number of hydrogen-bond acceptors (Lipinski definition) is 4. The molecule has 1 fully saturated rings. The minimum absolute atomic E-state index is 0.0225. The van der Waals surface area contributed by atoms with E-state index in [1.807, 2.05) is 50.4 Å². The number of pyridine rings is 1. The van der Waals surface area contributed by atoms with E-state index in [-0.39, 0.29) is 5.91 Å². The summed E-state index contributed by atoms with van der Waals surface area (Å²) in [4.78, 5) is 21.2. The SMILES string of the molecule is CCN(C(=O)c1cncc(N2CCOCC2)c1)c1cccc(C)c1. The summed E-state index contributed by atoms with van der Waals surface area (Å²) in [5, 5.41) is 0. The second kappa shape index (κ2) is 7.45. The topological polar surface area (TPSA) is 45.7 Å². The highest BCUT2D eigenvalue weighted by atomic mass is 16.5. The Morgan fingerprint density at radius 1 is 1.25 bits per heavy atom. The van der Waals surface area contributed by atoms with E-state index in [4.69, 9.17) is 4.74 Å². The van der Waals surface area contributed by atoms with Gasteiger partial charge in [0.2, 0.25) is 0 Å². The number of rotatable bonds is 4. The Balaban J connectivity index is 1.85. The Morgan fingerprint density at radius 2 is 2.04 bits per heavy atom. The molecule has 1 aliphatic heterocycles. The van der Waals surface area contributed by atoms with Gasteiger partial charge in [-0.05, 0) is 37.6 Å². The van der Waals surface area contributed by atoms with E-state index >= 15 is 0 Å². The molecule has 1 amide bonds. The summed E-state index contributed by atoms with van der Waals surface area (Å²) in [6.45, 7) is 7.71. The van der Waals surface area contributed by atoms with Gasteiger partial charge in [-0.25, -0.2) is 0 Å². The molecule has 2 aromatic rings. The normalized spacial score (nSPS) is 14.5. The molecule has 24 heavy (non-hydrogen) atoms. The van der Waals surface area contributed by atoms with Gasteiger partial charge in [0, 0.05) is 31.5 Å². The molecular weight excluding hydrogens is 302 g/mol. The molecule has 126 valence electrons. The van der Waals surface area contributed by atoms with Crippen LogP contribution in [0.3, 0.4) is 0 Å². The number of benzene rings is 1. The third kappa shape index (κ3) is 3.57. The highest BCUT2D eigenvalue weighted by Crippen LogP contribution is 2.21. The lowest BCUT2D eigenvalue weighted by Crippen LogP contribution is -2.36. The fourth-order valence-electron chi connectivity index (χ4n) is 2.93. The van der Waals surface area contributed by atoms with Crippen LogP contribution in [0.1, 0.15) is 22.8 Å². The summed E-state index contributed by atoms with van der Waals surface area (Å²) in [5.41, 5.74) is 3.64. The molecule has 0 aliphatic carbocycles. The first-order chi connectivity index (χ1) is 11.7. The second-order valence-electron chi connectivity index (χ2n) is 5.92. The molecule has 1 aromatic carbocycles. The van der Waals surface area contributed by atoms with Crippen molar-refractivity contribution in [3.63, 3.8) is 0 Å². The van der Waals surface area contributed by atoms with Crippen LogP contribution >= 0.6 is 0 Å². The lowest BCUT2D eigenvalue weighted by atomic mass is 10.1. The van der Waals surface area contributed by atoms with Crippen LogP contribution < -0.4 is 9.80 Å². The molecule has 2 heterocycles. The van der Waals surface area contributed by atoms with Crippen LogP contribution in [0, 0.1) is 6.92 Å². The third-order valence-corrected chi connectivity index (χ3v) is 4.22. The molecule has 0 atom stereocenters. The van der Waals surface area contributed by atoms with Crippen molar-refractivity contribution in [2.24, 2.45) is 0 Å². The zero-order chi connectivity index (χ0) is 16.9. The molecule has 0 spiro atoms. The van der Waals surface area contributed by atoms with E-state index in [1.165, 1.54) is 0 Å². The summed E-state index contributed by atoms with van der Waals surface area (Å²) < 4.78 is 5.39. The third-order valence-electron chi connectivity index (χ3n) is 4.22. The monoisotopic (exact) mass is 325 g/mol. The number of nitrogens with zero attached hydrogens (tertiary/aromatic N) is 3. The molecule has 5 heteroatoms. The minimum Gasteiger partial charge on any atom is -0.378 e. The summed E-state index contributed by atoms with van der Waals surface area (Å²) in [7, 11) is 0. The first-order valence-corrected chi connectivity index (χ1v) is 8.35. The lowest BCUT2D eigenvalue weighted by Gasteiger charge is -2.29. The van der Waals surface area contributed by atoms with Crippen molar-refractivity contribution < 1.29 is 9.53 Å². The molecule has 1 aliphatic rings. The zero-order valence-electron chi connectivity index (χ0n) is 14.2. The summed E-state index contributed by atoms with van der Waals surface area (Å²) >= 11 is 0. The summed E-state index contributed by atoms with van der Waals surface area (Å²) in [5.74, 6) is -0.0225. The number of aryl methyl sites for hydroxylation is 1. The predicted molar refractivity (Wildman–Crippen MR) is 95.8 cm³/mol. The Morgan fingerprint density at radius 3 is 2.75 bits per heavy atom. The van der Waals surface area contributed by atoms with Crippen molar-refractivity contribution >= 4 is 17.3 Å². The quantitative estimate of drug-likeness (QED) is 0.867. The van der Waals surface area contributed by atoms with Gasteiger partial charge in [0.1, 0.15) is 0 Å². The number of anilines is 2. The van der Waals surface area contributed by atoms with Gasteiger partial charge in [0.25, 0.3) is 5.91 Å². The van der Waals surface area contributed by atoms with Gasteiger partial charge in [-0.3, -0.25) is 9.78 Å². The smallest absolute Gasteiger partial charge is 0.259 e. The molecule has 0 unspecified atom stereocenters. The van der Waals surface area contributed by atoms with Gasteiger partial charge in [-0.2, -0.15) is 0 Å². The molecule has 0 radical (unpaired) electrons. The average Bonchev–Trinajstić information content (AvgIpc) is 2.63. The Kier molecular flexibility index (Phi) is 5.11. The minimum atomic E-state index is -0.0225. The average molecular weight is 325 g/mol. The van der Waals surface area contributed by atoms with Crippen LogP contribution in [0.25, 0.3) is 0 Å². The summed E-state index contributed by atoms with van der Waals surface area (Å²) in [6.07, 6.45) is 3.45. The van der Waals surface area contributed by atoms with Crippen LogP contribution in [-0.4, -0.2) is 43.7 Å². The molecule has 1 aromatic heterocycles. The van der Waals surface area contributed by atoms with Crippen molar-refractivity contribution in [3.05, 3.63) is 53.9 Å². The van der Waals surface area contributed by atoms with E-state index in [9.17, 15) is 4.79 Å². The molecule has 1 saturated heterocycles. The first kappa shape index (κ1) is 16.5. The van der Waals surface area contributed by atoms with Crippen LogP contribution in [0.15, 0.2) is 42.7 Å². The number of morpholine rings is 1. The maximum atomic E-state index is 13.0. The number of ether oxygens (including phenoxy) is 1. The number of carbonyl (C=O) groups is 1. The fourth-order valence-corrected chi connectivity index (χ4v) is 2.93. The van der Waals surface area contributed by atoms with E-state index < -0.39 is 0 Å². The number of amides is 1. The van der Waals surface area contributed by atoms with Crippen LogP contribution in [0.5, 0.6) is 0 Å². The van der Waals surface area contributed by atoms with Crippen molar-refractivity contribution in [3.8, 4) is 0 Å². The molecule has 0 N–H and O–H groups in total. The molecular formula is C19H23N3O2. The highest BCUT2D eigenvalue weighted by Gasteiger charge is 2.19. The van der Waals surface area contributed by atoms with E-state index in [0.717, 1.165) is 30.0 Å². The standard InChI is InChI=1S/C19H23N3O2/c1-3-22(17-6-4-5-15(2)11-17)19(23)16-12-18(14-20-13-16)21-7-9-24-10-8-21/h4-6,11-14H,3,7-10H2,1-2H3. The Hall–Kier alpha value is -2.40. The zero-order valence-corrected chi connectivity index (χ0v) is 14.2. The van der Waals surface area contributed by atoms with Crippen molar-refractivity contribution in [2.45, 2.75) is 13.8 Å². The van der Waals surface area contributed by atoms with E-state index in [0.29, 0.717) is 25.3 Å². The second-order valence-corrected chi connectivity index (χ2v) is 5.92. The van der Waals surface area contributed by atoms with Gasteiger partial charge in [-0.1, -0.05) is 12.1 Å². The fraction of sp³-hybridized carbons (Fsp3) is 0.368. The Bertz CT molecular complexity index is 711. The van der Waals surface area contributed by atoms with Crippen LogP contribution in [-0.2, 0) is 4.74 Å². The first-order valence-electron chi connectivity index (χ1n) is 8.35. The predicted octanol–water partition coefficient (Wildman–Crippen LogP) is 2.89. The summed E-state index contributed by atoms with van der Waals surface area (Å²) in [6, 6.07) is 9.93. The van der Waals surface area contributed by atoms with Crippen LogP contribution in [0.4, 0.5) is 11.4 Å². The van der Waals surface area contributed by atoms with Crippen molar-refractivity contribution in [1.29, 1.82) is 0 Å². The molecule has 0 bridgehead atoms.